The fourth-order valence-electron chi connectivity index (χ4n) is 2.53. The zero-order valence-corrected chi connectivity index (χ0v) is 16.0. The van der Waals surface area contributed by atoms with E-state index in [0.29, 0.717) is 5.75 Å². The van der Waals surface area contributed by atoms with E-state index in [1.54, 1.807) is 7.11 Å². The van der Waals surface area contributed by atoms with Crippen LogP contribution < -0.4 is 10.1 Å². The first kappa shape index (κ1) is 19.9. The second kappa shape index (κ2) is 8.82. The molecule has 1 amide bonds. The van der Waals surface area contributed by atoms with Crippen molar-refractivity contribution in [3.05, 3.63) is 65.2 Å². The van der Waals surface area contributed by atoms with Crippen molar-refractivity contribution >= 4 is 15.9 Å². The second-order valence-electron chi connectivity index (χ2n) is 6.05. The molecule has 0 aliphatic rings. The highest BCUT2D eigenvalue weighted by molar-refractivity contribution is 7.88. The molecule has 140 valence electrons. The molecule has 26 heavy (non-hydrogen) atoms. The van der Waals surface area contributed by atoms with E-state index in [1.165, 1.54) is 4.31 Å². The molecule has 2 aromatic carbocycles. The van der Waals surface area contributed by atoms with Crippen molar-refractivity contribution in [1.82, 2.24) is 9.62 Å². The van der Waals surface area contributed by atoms with Crippen LogP contribution in [0.15, 0.2) is 48.5 Å². The van der Waals surface area contributed by atoms with E-state index >= 15 is 0 Å². The van der Waals surface area contributed by atoms with E-state index < -0.39 is 10.0 Å². The Labute approximate surface area is 154 Å². The zero-order valence-electron chi connectivity index (χ0n) is 15.2. The predicted octanol–water partition coefficient (Wildman–Crippen LogP) is 2.08. The minimum atomic E-state index is -3.52. The summed E-state index contributed by atoms with van der Waals surface area (Å²) in [5, 5.41) is 2.75. The van der Waals surface area contributed by atoms with Crippen molar-refractivity contribution < 1.29 is 17.9 Å². The molecule has 0 fully saturated rings. The molecule has 0 spiro atoms. The largest absolute Gasteiger partial charge is 0.496 e. The molecule has 0 aromatic heterocycles. The van der Waals surface area contributed by atoms with Crippen molar-refractivity contribution in [1.29, 1.82) is 0 Å². The average Bonchev–Trinajstić information content (AvgIpc) is 2.60. The molecule has 0 atom stereocenters. The lowest BCUT2D eigenvalue weighted by molar-refractivity contribution is -0.121. The maximum absolute atomic E-state index is 12.3. The Balaban J connectivity index is 2.04. The van der Waals surface area contributed by atoms with Crippen molar-refractivity contribution in [2.24, 2.45) is 0 Å². The third-order valence-corrected chi connectivity index (χ3v) is 5.26. The van der Waals surface area contributed by atoms with Gasteiger partial charge in [-0.05, 0) is 24.1 Å². The van der Waals surface area contributed by atoms with Crippen LogP contribution in [-0.4, -0.2) is 38.5 Å². The van der Waals surface area contributed by atoms with E-state index in [0.717, 1.165) is 22.9 Å². The third kappa shape index (κ3) is 5.57. The summed E-state index contributed by atoms with van der Waals surface area (Å²) in [5.41, 5.74) is 2.68. The Bertz CT molecular complexity index is 865. The summed E-state index contributed by atoms with van der Waals surface area (Å²) in [4.78, 5) is 12.3. The van der Waals surface area contributed by atoms with Gasteiger partial charge in [0.05, 0.1) is 19.9 Å². The molecule has 7 heteroatoms. The maximum Gasteiger partial charge on any atom is 0.235 e. The fraction of sp³-hybridized carbons (Fsp3) is 0.316. The molecule has 6 nitrogen and oxygen atoms in total. The van der Waals surface area contributed by atoms with Gasteiger partial charge >= 0.3 is 0 Å². The van der Waals surface area contributed by atoms with Crippen molar-refractivity contribution in [2.75, 3.05) is 19.9 Å². The molecule has 0 heterocycles. The number of benzene rings is 2. The van der Waals surface area contributed by atoms with Gasteiger partial charge in [0, 0.05) is 18.7 Å². The van der Waals surface area contributed by atoms with Gasteiger partial charge in [-0.1, -0.05) is 42.5 Å². The van der Waals surface area contributed by atoms with E-state index in [1.807, 2.05) is 55.5 Å². The molecule has 0 aliphatic carbocycles. The van der Waals surface area contributed by atoms with Crippen LogP contribution in [0.2, 0.25) is 0 Å². The Morgan fingerprint density at radius 3 is 2.31 bits per heavy atom. The number of ether oxygens (including phenoxy) is 1. The number of sulfonamides is 1. The lowest BCUT2D eigenvalue weighted by atomic mass is 10.1. The number of methoxy groups -OCH3 is 1. The number of amides is 1. The summed E-state index contributed by atoms with van der Waals surface area (Å²) in [6.07, 6.45) is 1.11. The van der Waals surface area contributed by atoms with Gasteiger partial charge in [-0.25, -0.2) is 8.42 Å². The maximum atomic E-state index is 12.3. The van der Waals surface area contributed by atoms with Crippen LogP contribution >= 0.6 is 0 Å². The number of aryl methyl sites for hydroxylation is 1. The van der Waals surface area contributed by atoms with Crippen LogP contribution in [0.25, 0.3) is 0 Å². The Hall–Kier alpha value is -2.38. The monoisotopic (exact) mass is 376 g/mol. The molecule has 0 unspecified atom stereocenters. The fourth-order valence-corrected chi connectivity index (χ4v) is 3.25. The van der Waals surface area contributed by atoms with E-state index in [-0.39, 0.29) is 25.5 Å². The molecule has 1 N–H and O–H groups in total. The predicted molar refractivity (Wildman–Crippen MR) is 101 cm³/mol. The Morgan fingerprint density at radius 2 is 1.69 bits per heavy atom. The molecule has 0 saturated carbocycles. The minimum absolute atomic E-state index is 0.160. The molecular formula is C19H24N2O4S. The Kier molecular flexibility index (Phi) is 6.76. The standard InChI is InChI=1S/C19H24N2O4S/c1-15-8-4-5-10-17(15)13-21(26(3,23)24)14-19(22)20-12-16-9-6-7-11-18(16)25-2/h4-11H,12-14H2,1-3H3,(H,20,22). The average molecular weight is 376 g/mol. The SMILES string of the molecule is COc1ccccc1CNC(=O)CN(Cc1ccccc1C)S(C)(=O)=O. The summed E-state index contributed by atoms with van der Waals surface area (Å²) in [5.74, 6) is 0.308. The summed E-state index contributed by atoms with van der Waals surface area (Å²) in [6.45, 7) is 2.11. The lowest BCUT2D eigenvalue weighted by Gasteiger charge is -2.20. The molecule has 2 aromatic rings. The third-order valence-electron chi connectivity index (χ3n) is 4.07. The first-order valence-corrected chi connectivity index (χ1v) is 10.0. The van der Waals surface area contributed by atoms with Crippen LogP contribution in [0, 0.1) is 6.92 Å². The van der Waals surface area contributed by atoms with Crippen molar-refractivity contribution in [3.63, 3.8) is 0 Å². The normalized spacial score (nSPS) is 11.4. The quantitative estimate of drug-likeness (QED) is 0.765. The summed E-state index contributed by atoms with van der Waals surface area (Å²) in [6, 6.07) is 14.9. The summed E-state index contributed by atoms with van der Waals surface area (Å²) >= 11 is 0. The van der Waals surface area contributed by atoms with Crippen LogP contribution in [0.3, 0.4) is 0 Å². The van der Waals surface area contributed by atoms with Crippen LogP contribution in [0.4, 0.5) is 0 Å². The van der Waals surface area contributed by atoms with Gasteiger partial charge in [0.2, 0.25) is 15.9 Å². The molecular weight excluding hydrogens is 352 g/mol. The van der Waals surface area contributed by atoms with Gasteiger partial charge in [0.15, 0.2) is 0 Å². The number of carbonyl (C=O) groups excluding carboxylic acids is 1. The minimum Gasteiger partial charge on any atom is -0.496 e. The number of hydrogen-bond donors (Lipinski definition) is 1. The van der Waals surface area contributed by atoms with Gasteiger partial charge in [0.1, 0.15) is 5.75 Å². The topological polar surface area (TPSA) is 75.7 Å². The smallest absolute Gasteiger partial charge is 0.235 e. The highest BCUT2D eigenvalue weighted by Crippen LogP contribution is 2.17. The number of nitrogens with one attached hydrogen (secondary N) is 1. The number of nitrogens with zero attached hydrogens (tertiary/aromatic N) is 1. The van der Waals surface area contributed by atoms with Gasteiger partial charge in [0.25, 0.3) is 0 Å². The number of rotatable bonds is 8. The lowest BCUT2D eigenvalue weighted by Crippen LogP contribution is -2.39. The van der Waals surface area contributed by atoms with Crippen molar-refractivity contribution in [3.8, 4) is 5.75 Å². The summed E-state index contributed by atoms with van der Waals surface area (Å²) < 4.78 is 30.6. The summed E-state index contributed by atoms with van der Waals surface area (Å²) in [7, 11) is -1.96. The van der Waals surface area contributed by atoms with Gasteiger partial charge < -0.3 is 10.1 Å². The second-order valence-corrected chi connectivity index (χ2v) is 8.03. The molecule has 2 rings (SSSR count). The molecule has 0 aliphatic heterocycles. The number of para-hydroxylation sites is 1. The van der Waals surface area contributed by atoms with Crippen LogP contribution in [0.1, 0.15) is 16.7 Å². The highest BCUT2D eigenvalue weighted by atomic mass is 32.2. The molecule has 0 saturated heterocycles. The van der Waals surface area contributed by atoms with Gasteiger partial charge in [-0.2, -0.15) is 4.31 Å². The van der Waals surface area contributed by atoms with Gasteiger partial charge in [-0.15, -0.1) is 0 Å². The number of hydrogen-bond acceptors (Lipinski definition) is 4. The van der Waals surface area contributed by atoms with Crippen LogP contribution in [-0.2, 0) is 27.9 Å². The van der Waals surface area contributed by atoms with E-state index in [9.17, 15) is 13.2 Å². The van der Waals surface area contributed by atoms with Gasteiger partial charge in [-0.3, -0.25) is 4.79 Å². The van der Waals surface area contributed by atoms with E-state index in [4.69, 9.17) is 4.74 Å². The first-order chi connectivity index (χ1) is 12.3. The Morgan fingerprint density at radius 1 is 1.08 bits per heavy atom. The highest BCUT2D eigenvalue weighted by Gasteiger charge is 2.21. The van der Waals surface area contributed by atoms with E-state index in [2.05, 4.69) is 5.32 Å². The molecule has 0 bridgehead atoms. The number of carbonyl (C=O) groups is 1. The van der Waals surface area contributed by atoms with Crippen molar-refractivity contribution in [2.45, 2.75) is 20.0 Å². The molecule has 0 radical (unpaired) electrons. The zero-order chi connectivity index (χ0) is 19.2. The first-order valence-electron chi connectivity index (χ1n) is 8.19. The van der Waals surface area contributed by atoms with Crippen LogP contribution in [0.5, 0.6) is 5.75 Å².